The molecule has 1 heterocycles. The first kappa shape index (κ1) is 24.0. The average Bonchev–Trinajstić information content (AvgIpc) is 2.93. The third-order valence-electron chi connectivity index (χ3n) is 4.47. The number of aliphatic imine (C=N–C) groups is 1. The minimum Gasteiger partial charge on any atom is -0.508 e. The minimum absolute atomic E-state index is 0. The second-order valence-electron chi connectivity index (χ2n) is 6.51. The van der Waals surface area contributed by atoms with Crippen LogP contribution in [-0.2, 0) is 15.7 Å². The van der Waals surface area contributed by atoms with E-state index < -0.39 is 15.7 Å². The van der Waals surface area contributed by atoms with Crippen molar-refractivity contribution in [2.45, 2.75) is 10.6 Å². The van der Waals surface area contributed by atoms with Gasteiger partial charge in [0.15, 0.2) is 10.9 Å². The van der Waals surface area contributed by atoms with Gasteiger partial charge < -0.3 is 15.1 Å². The van der Waals surface area contributed by atoms with Crippen LogP contribution in [0.2, 0.25) is 5.02 Å². The van der Waals surface area contributed by atoms with Crippen molar-refractivity contribution in [3.8, 4) is 5.75 Å². The molecular weight excluding hydrogens is 502 g/mol. The van der Waals surface area contributed by atoms with Gasteiger partial charge in [-0.05, 0) is 36.4 Å². The number of thioether (sulfide) groups is 1. The minimum atomic E-state index is -3.76. The Kier molecular flexibility index (Phi) is 7.30. The molecule has 1 unspecified atom stereocenters. The predicted octanol–water partition coefficient (Wildman–Crippen LogP) is 3.39. The Morgan fingerprint density at radius 1 is 1.21 bits per heavy atom. The highest BCUT2D eigenvalue weighted by atomic mass is 79.9. The Hall–Kier alpha value is -1.30. The van der Waals surface area contributed by atoms with Crippen molar-refractivity contribution in [3.05, 3.63) is 53.1 Å². The van der Waals surface area contributed by atoms with E-state index in [2.05, 4.69) is 4.99 Å². The van der Waals surface area contributed by atoms with E-state index >= 15 is 0 Å². The molecule has 0 bridgehead atoms. The van der Waals surface area contributed by atoms with Crippen molar-refractivity contribution in [3.63, 3.8) is 0 Å². The first-order chi connectivity index (χ1) is 13.1. The number of rotatable bonds is 4. The van der Waals surface area contributed by atoms with Crippen molar-refractivity contribution in [1.29, 1.82) is 0 Å². The third-order valence-corrected chi connectivity index (χ3v) is 7.94. The zero-order chi connectivity index (χ0) is 20.7. The molecule has 3 rings (SSSR count). The van der Waals surface area contributed by atoms with Crippen LogP contribution in [0.4, 0.5) is 5.69 Å². The summed E-state index contributed by atoms with van der Waals surface area (Å²) >= 11 is 7.46. The van der Waals surface area contributed by atoms with E-state index in [0.717, 1.165) is 4.31 Å². The zero-order valence-corrected chi connectivity index (χ0v) is 20.0. The number of benzene rings is 2. The molecule has 0 aromatic heterocycles. The number of sulfonamides is 1. The fraction of sp³-hybridized carbons (Fsp3) is 0.278. The summed E-state index contributed by atoms with van der Waals surface area (Å²) < 4.78 is 26.1. The maximum Gasteiger partial charge on any atom is 0.244 e. The van der Waals surface area contributed by atoms with Crippen LogP contribution in [0, 0.1) is 0 Å². The fourth-order valence-electron chi connectivity index (χ4n) is 2.69. The van der Waals surface area contributed by atoms with Gasteiger partial charge in [0.05, 0.1) is 16.5 Å². The highest BCUT2D eigenvalue weighted by molar-refractivity contribution is 8.93. The molecule has 2 aromatic rings. The SMILES string of the molecule is Br.CN1/C(=N\c2ccc(O)cc2)SCC1(O)c1ccc(Cl)c(S(=O)(=O)N(C)C)c1. The van der Waals surface area contributed by atoms with E-state index in [4.69, 9.17) is 11.6 Å². The molecule has 0 amide bonds. The summed E-state index contributed by atoms with van der Waals surface area (Å²) in [5, 5.41) is 21.3. The van der Waals surface area contributed by atoms with Gasteiger partial charge in [0.2, 0.25) is 10.0 Å². The van der Waals surface area contributed by atoms with Crippen LogP contribution in [0.5, 0.6) is 5.75 Å². The fourth-order valence-corrected chi connectivity index (χ4v) is 5.28. The number of phenols is 1. The molecule has 1 aliphatic heterocycles. The second-order valence-corrected chi connectivity index (χ2v) is 9.98. The molecular formula is C18H21BrClN3O4S2. The van der Waals surface area contributed by atoms with Gasteiger partial charge in [0, 0.05) is 26.7 Å². The smallest absolute Gasteiger partial charge is 0.244 e. The number of aromatic hydroxyl groups is 1. The molecule has 1 aliphatic rings. The lowest BCUT2D eigenvalue weighted by atomic mass is 10.0. The first-order valence-electron chi connectivity index (χ1n) is 8.25. The van der Waals surface area contributed by atoms with E-state index in [-0.39, 0.29) is 38.4 Å². The Labute approximate surface area is 189 Å². The maximum absolute atomic E-state index is 12.5. The molecule has 11 heteroatoms. The van der Waals surface area contributed by atoms with Crippen molar-refractivity contribution in [2.24, 2.45) is 4.99 Å². The largest absolute Gasteiger partial charge is 0.508 e. The highest BCUT2D eigenvalue weighted by Gasteiger charge is 2.43. The van der Waals surface area contributed by atoms with Crippen LogP contribution in [-0.4, -0.2) is 59.9 Å². The normalized spacial score (nSPS) is 20.9. The van der Waals surface area contributed by atoms with Gasteiger partial charge in [-0.25, -0.2) is 17.7 Å². The van der Waals surface area contributed by atoms with Crippen molar-refractivity contribution < 1.29 is 18.6 Å². The molecule has 0 spiro atoms. The van der Waals surface area contributed by atoms with E-state index in [1.807, 2.05) is 0 Å². The molecule has 2 N–H and O–H groups in total. The number of aliphatic hydroxyl groups is 1. The molecule has 7 nitrogen and oxygen atoms in total. The first-order valence-corrected chi connectivity index (χ1v) is 11.1. The van der Waals surface area contributed by atoms with Gasteiger partial charge in [-0.15, -0.1) is 17.0 Å². The number of halogens is 2. The highest BCUT2D eigenvalue weighted by Crippen LogP contribution is 2.40. The van der Waals surface area contributed by atoms with E-state index in [1.54, 1.807) is 30.1 Å². The number of hydrogen-bond donors (Lipinski definition) is 2. The maximum atomic E-state index is 12.5. The molecule has 1 saturated heterocycles. The molecule has 0 radical (unpaired) electrons. The van der Waals surface area contributed by atoms with Gasteiger partial charge in [-0.1, -0.05) is 29.4 Å². The van der Waals surface area contributed by atoms with E-state index in [1.165, 1.54) is 50.1 Å². The van der Waals surface area contributed by atoms with Crippen LogP contribution in [0.1, 0.15) is 5.56 Å². The van der Waals surface area contributed by atoms with Crippen molar-refractivity contribution in [2.75, 3.05) is 26.9 Å². The summed E-state index contributed by atoms with van der Waals surface area (Å²) in [6, 6.07) is 10.9. The number of phenolic OH excluding ortho intramolecular Hbond substituents is 1. The predicted molar refractivity (Wildman–Crippen MR) is 122 cm³/mol. The van der Waals surface area contributed by atoms with E-state index in [0.29, 0.717) is 16.4 Å². The monoisotopic (exact) mass is 521 g/mol. The van der Waals surface area contributed by atoms with Gasteiger partial charge in [-0.3, -0.25) is 0 Å². The summed E-state index contributed by atoms with van der Waals surface area (Å²) in [5.41, 5.74) is -0.409. The second kappa shape index (κ2) is 8.83. The molecule has 158 valence electrons. The van der Waals surface area contributed by atoms with Crippen molar-refractivity contribution >= 4 is 61.2 Å². The topological polar surface area (TPSA) is 93.4 Å². The number of nitrogens with zero attached hydrogens (tertiary/aromatic N) is 3. The van der Waals surface area contributed by atoms with Gasteiger partial charge in [-0.2, -0.15) is 0 Å². The summed E-state index contributed by atoms with van der Waals surface area (Å²) in [7, 11) is 0.777. The summed E-state index contributed by atoms with van der Waals surface area (Å²) in [4.78, 5) is 6.03. The molecule has 1 atom stereocenters. The Bertz CT molecular complexity index is 1030. The lowest BCUT2D eigenvalue weighted by molar-refractivity contribution is -0.0349. The van der Waals surface area contributed by atoms with Crippen LogP contribution in [0.25, 0.3) is 0 Å². The average molecular weight is 523 g/mol. The number of hydrogen-bond acceptors (Lipinski definition) is 6. The van der Waals surface area contributed by atoms with Gasteiger partial charge in [0.1, 0.15) is 10.6 Å². The Balaban J connectivity index is 0.00000300. The van der Waals surface area contributed by atoms with Crippen LogP contribution >= 0.6 is 40.3 Å². The molecule has 2 aromatic carbocycles. The Morgan fingerprint density at radius 3 is 2.41 bits per heavy atom. The molecule has 0 saturated carbocycles. The van der Waals surface area contributed by atoms with Gasteiger partial charge in [0.25, 0.3) is 0 Å². The summed E-state index contributed by atoms with van der Waals surface area (Å²) in [5.74, 6) is 0.410. The lowest BCUT2D eigenvalue weighted by Crippen LogP contribution is -2.42. The Morgan fingerprint density at radius 2 is 1.83 bits per heavy atom. The van der Waals surface area contributed by atoms with E-state index in [9.17, 15) is 18.6 Å². The van der Waals surface area contributed by atoms with Crippen molar-refractivity contribution in [1.82, 2.24) is 9.21 Å². The standard InChI is InChI=1S/C18H20ClN3O4S2.BrH/c1-21(2)28(25,26)16-10-12(4-9-15(16)19)18(24)11-27-17(22(18)3)20-13-5-7-14(23)8-6-13;/h4-10,23-24H,11H2,1-3H3;1H/b20-17+;. The van der Waals surface area contributed by atoms with Crippen LogP contribution < -0.4 is 0 Å². The molecule has 29 heavy (non-hydrogen) atoms. The quantitative estimate of drug-likeness (QED) is 0.639. The zero-order valence-electron chi connectivity index (χ0n) is 15.9. The third kappa shape index (κ3) is 4.57. The summed E-state index contributed by atoms with van der Waals surface area (Å²) in [6.07, 6.45) is 0. The lowest BCUT2D eigenvalue weighted by Gasteiger charge is -2.31. The number of amidine groups is 1. The van der Waals surface area contributed by atoms with Crippen LogP contribution in [0.15, 0.2) is 52.4 Å². The van der Waals surface area contributed by atoms with Crippen LogP contribution in [0.3, 0.4) is 0 Å². The van der Waals surface area contributed by atoms with Gasteiger partial charge >= 0.3 is 0 Å². The summed E-state index contributed by atoms with van der Waals surface area (Å²) in [6.45, 7) is 0. The molecule has 0 aliphatic carbocycles. The molecule has 1 fully saturated rings.